The fourth-order valence-corrected chi connectivity index (χ4v) is 5.75. The van der Waals surface area contributed by atoms with E-state index in [1.165, 1.54) is 48.5 Å². The quantitative estimate of drug-likeness (QED) is 0.258. The molecule has 11 nitrogen and oxygen atoms in total. The normalized spacial score (nSPS) is 17.8. The Hall–Kier alpha value is -4.58. The number of hydrogen-bond acceptors (Lipinski definition) is 8. The first kappa shape index (κ1) is 24.5. The van der Waals surface area contributed by atoms with E-state index >= 15 is 0 Å². The Morgan fingerprint density at radius 3 is 2.17 bits per heavy atom. The van der Waals surface area contributed by atoms with Gasteiger partial charge in [0.25, 0.3) is 17.3 Å². The lowest BCUT2D eigenvalue weighted by Gasteiger charge is -2.23. The van der Waals surface area contributed by atoms with E-state index in [0.29, 0.717) is 12.4 Å². The average Bonchev–Trinajstić information content (AvgIpc) is 3.05. The van der Waals surface area contributed by atoms with Crippen molar-refractivity contribution in [3.63, 3.8) is 0 Å². The highest BCUT2D eigenvalue weighted by Crippen LogP contribution is 2.44. The molecule has 1 fully saturated rings. The first-order valence-electron chi connectivity index (χ1n) is 10.6. The van der Waals surface area contributed by atoms with Gasteiger partial charge in [-0.2, -0.15) is 0 Å². The minimum atomic E-state index is -4.41. The van der Waals surface area contributed by atoms with Gasteiger partial charge in [-0.05, 0) is 48.4 Å². The summed E-state index contributed by atoms with van der Waals surface area (Å²) >= 11 is 0. The number of sulfone groups is 1. The topological polar surface area (TPSA) is 150 Å². The van der Waals surface area contributed by atoms with Crippen LogP contribution in [0.2, 0.25) is 0 Å². The van der Waals surface area contributed by atoms with E-state index in [2.05, 4.69) is 0 Å². The third kappa shape index (κ3) is 4.53. The zero-order chi connectivity index (χ0) is 26.0. The Morgan fingerprint density at radius 1 is 0.944 bits per heavy atom. The highest BCUT2D eigenvalue weighted by molar-refractivity contribution is 7.97. The second-order valence-electron chi connectivity index (χ2n) is 7.71. The molecular formula is C24H19N3O8S. The van der Waals surface area contributed by atoms with Crippen LogP contribution in [0.1, 0.15) is 23.4 Å². The van der Waals surface area contributed by atoms with Gasteiger partial charge in [-0.1, -0.05) is 24.3 Å². The van der Waals surface area contributed by atoms with Crippen molar-refractivity contribution in [2.24, 2.45) is 0 Å². The van der Waals surface area contributed by atoms with Crippen molar-refractivity contribution in [2.45, 2.75) is 12.3 Å². The summed E-state index contributed by atoms with van der Waals surface area (Å²) in [4.78, 5) is 35.2. The molecule has 0 unspecified atom stereocenters. The number of carbonyl (C=O) groups is 1. The Kier molecular flexibility index (Phi) is 6.53. The monoisotopic (exact) mass is 509 g/mol. The minimum Gasteiger partial charge on any atom is -0.494 e. The largest absolute Gasteiger partial charge is 0.494 e. The zero-order valence-corrected chi connectivity index (χ0v) is 19.6. The van der Waals surface area contributed by atoms with Crippen LogP contribution in [-0.2, 0) is 14.6 Å². The molecule has 3 aromatic rings. The van der Waals surface area contributed by atoms with Crippen LogP contribution in [0.4, 0.5) is 17.1 Å². The summed E-state index contributed by atoms with van der Waals surface area (Å²) in [5.74, 6) is -0.364. The van der Waals surface area contributed by atoms with Crippen LogP contribution in [0.5, 0.6) is 5.75 Å². The molecule has 0 saturated carbocycles. The van der Waals surface area contributed by atoms with Gasteiger partial charge >= 0.3 is 0 Å². The van der Waals surface area contributed by atoms with E-state index in [0.717, 1.165) is 23.1 Å². The molecular weight excluding hydrogens is 490 g/mol. The van der Waals surface area contributed by atoms with Crippen LogP contribution in [-0.4, -0.2) is 30.8 Å². The van der Waals surface area contributed by atoms with Gasteiger partial charge in [-0.25, -0.2) is 8.42 Å². The number of carbonyl (C=O) groups excluding carboxylic acids is 1. The van der Waals surface area contributed by atoms with Crippen LogP contribution in [0, 0.1) is 20.2 Å². The third-order valence-electron chi connectivity index (χ3n) is 5.44. The predicted octanol–water partition coefficient (Wildman–Crippen LogP) is 4.40. The lowest BCUT2D eigenvalue weighted by Crippen LogP contribution is -2.29. The molecule has 0 aromatic heterocycles. The number of benzene rings is 3. The molecule has 36 heavy (non-hydrogen) atoms. The summed E-state index contributed by atoms with van der Waals surface area (Å²) in [5.41, 5.74) is -0.217. The summed E-state index contributed by atoms with van der Waals surface area (Å²) in [6.45, 7) is 2.20. The van der Waals surface area contributed by atoms with Gasteiger partial charge in [0, 0.05) is 30.0 Å². The Morgan fingerprint density at radius 2 is 1.56 bits per heavy atom. The molecule has 3 aromatic carbocycles. The van der Waals surface area contributed by atoms with Crippen molar-refractivity contribution in [2.75, 3.05) is 11.5 Å². The molecule has 0 spiro atoms. The predicted molar refractivity (Wildman–Crippen MR) is 131 cm³/mol. The maximum Gasteiger partial charge on any atom is 0.271 e. The number of amides is 1. The van der Waals surface area contributed by atoms with Crippen molar-refractivity contribution < 1.29 is 27.8 Å². The van der Waals surface area contributed by atoms with Crippen molar-refractivity contribution >= 4 is 38.9 Å². The molecule has 1 aliphatic rings. The number of anilines is 1. The molecule has 0 radical (unpaired) electrons. The molecule has 0 bridgehead atoms. The molecule has 1 heterocycles. The van der Waals surface area contributed by atoms with Gasteiger partial charge in [0.2, 0.25) is 9.84 Å². The average molecular weight is 509 g/mol. The minimum absolute atomic E-state index is 0.0221. The number of nitro benzene ring substituents is 2. The SMILES string of the molecule is CCOc1ccc(N2C(=O)/C(=C\c3cccc([N+](=O)[O-])c3)S(=O)(=O)[C@@H]2c2cccc([N+](=O)[O-])c2)cc1. The smallest absolute Gasteiger partial charge is 0.271 e. The van der Waals surface area contributed by atoms with Crippen molar-refractivity contribution in [1.29, 1.82) is 0 Å². The maximum atomic E-state index is 13.7. The van der Waals surface area contributed by atoms with Crippen molar-refractivity contribution in [3.8, 4) is 5.75 Å². The molecule has 1 aliphatic heterocycles. The van der Waals surface area contributed by atoms with Gasteiger partial charge in [0.1, 0.15) is 10.7 Å². The number of ether oxygens (including phenoxy) is 1. The molecule has 1 amide bonds. The van der Waals surface area contributed by atoms with Crippen LogP contribution >= 0.6 is 0 Å². The second kappa shape index (κ2) is 9.58. The summed E-state index contributed by atoms with van der Waals surface area (Å²) in [7, 11) is -4.41. The van der Waals surface area contributed by atoms with Crippen LogP contribution < -0.4 is 9.64 Å². The fraction of sp³-hybridized carbons (Fsp3) is 0.125. The molecule has 0 N–H and O–H groups in total. The Bertz CT molecular complexity index is 1500. The first-order chi connectivity index (χ1) is 17.1. The highest BCUT2D eigenvalue weighted by Gasteiger charge is 2.50. The maximum absolute atomic E-state index is 13.7. The summed E-state index contributed by atoms with van der Waals surface area (Å²) < 4.78 is 32.8. The number of rotatable bonds is 7. The van der Waals surface area contributed by atoms with Crippen LogP contribution in [0.15, 0.2) is 77.7 Å². The summed E-state index contributed by atoms with van der Waals surface area (Å²) in [6, 6.07) is 16.4. The molecule has 1 saturated heterocycles. The summed E-state index contributed by atoms with van der Waals surface area (Å²) in [5, 5.41) is 20.9. The van der Waals surface area contributed by atoms with Crippen molar-refractivity contribution in [1.82, 2.24) is 0 Å². The second-order valence-corrected chi connectivity index (χ2v) is 9.69. The molecule has 184 valence electrons. The lowest BCUT2D eigenvalue weighted by atomic mass is 10.1. The Labute approximate surface area is 205 Å². The first-order valence-corrected chi connectivity index (χ1v) is 12.2. The fourth-order valence-electron chi connectivity index (χ4n) is 3.87. The molecule has 12 heteroatoms. The number of hydrogen-bond donors (Lipinski definition) is 0. The zero-order valence-electron chi connectivity index (χ0n) is 18.8. The van der Waals surface area contributed by atoms with E-state index in [-0.39, 0.29) is 28.2 Å². The molecule has 0 aliphatic carbocycles. The standard InChI is InChI=1S/C24H19N3O8S/c1-2-35-21-11-9-18(10-12-21)25-23(28)22(14-16-5-3-7-19(13-16)26(29)30)36(33,34)24(25)17-6-4-8-20(15-17)27(31)32/h3-15,24H,2H2,1H3/b22-14+/t24-/m1/s1. The number of nitro groups is 2. The van der Waals surface area contributed by atoms with E-state index in [9.17, 15) is 33.4 Å². The van der Waals surface area contributed by atoms with Crippen LogP contribution in [0.3, 0.4) is 0 Å². The van der Waals surface area contributed by atoms with Crippen molar-refractivity contribution in [3.05, 3.63) is 109 Å². The van der Waals surface area contributed by atoms with Crippen LogP contribution in [0.25, 0.3) is 6.08 Å². The van der Waals surface area contributed by atoms with Gasteiger partial charge in [-0.15, -0.1) is 0 Å². The lowest BCUT2D eigenvalue weighted by molar-refractivity contribution is -0.385. The van der Waals surface area contributed by atoms with E-state index in [1.807, 2.05) is 0 Å². The molecule has 1 atom stereocenters. The van der Waals surface area contributed by atoms with E-state index < -0.39 is 35.9 Å². The van der Waals surface area contributed by atoms with E-state index in [1.54, 1.807) is 19.1 Å². The summed E-state index contributed by atoms with van der Waals surface area (Å²) in [6.07, 6.45) is 1.07. The third-order valence-corrected chi connectivity index (χ3v) is 7.41. The van der Waals surface area contributed by atoms with E-state index in [4.69, 9.17) is 4.74 Å². The van der Waals surface area contributed by atoms with Gasteiger partial charge in [0.15, 0.2) is 5.37 Å². The number of nitrogens with zero attached hydrogens (tertiary/aromatic N) is 3. The highest BCUT2D eigenvalue weighted by atomic mass is 32.2. The number of non-ortho nitro benzene ring substituents is 2. The van der Waals surface area contributed by atoms with Gasteiger partial charge < -0.3 is 4.74 Å². The Balaban J connectivity index is 1.90. The van der Waals surface area contributed by atoms with Gasteiger partial charge in [-0.3, -0.25) is 29.9 Å². The van der Waals surface area contributed by atoms with Gasteiger partial charge in [0.05, 0.1) is 16.5 Å². The molecule has 4 rings (SSSR count).